The van der Waals surface area contributed by atoms with Gasteiger partial charge in [-0.1, -0.05) is 78.6 Å². The van der Waals surface area contributed by atoms with Gasteiger partial charge in [0.1, 0.15) is 22.7 Å². The number of ether oxygens (including phenoxy) is 1. The molecule has 0 fully saturated rings. The van der Waals surface area contributed by atoms with Crippen LogP contribution in [0, 0.1) is 0 Å². The standard InChI is InChI=1S/C34H20O2/c1-2-10-25(24(9-1)21-16-17-28-26-11-3-5-13-30(26)36-33(28)20-21)23-18-22-8-7-15-32-34(22)29(19-23)27-12-4-6-14-31(27)35-32/h1-20H/i1D,2D,4D,6D,7D,8D,9D,10D,12D,14D,15D,18D,19D. The van der Waals surface area contributed by atoms with Crippen molar-refractivity contribution in [2.24, 2.45) is 0 Å². The fourth-order valence-electron chi connectivity index (χ4n) is 4.71. The highest BCUT2D eigenvalue weighted by Crippen LogP contribution is 2.48. The molecule has 0 bridgehead atoms. The van der Waals surface area contributed by atoms with Crippen LogP contribution < -0.4 is 4.74 Å². The van der Waals surface area contributed by atoms with Crippen LogP contribution in [0.25, 0.3) is 66.1 Å². The molecule has 0 spiro atoms. The van der Waals surface area contributed by atoms with Crippen molar-refractivity contribution in [3.63, 3.8) is 0 Å². The molecule has 8 rings (SSSR count). The Balaban J connectivity index is 1.57. The van der Waals surface area contributed by atoms with Gasteiger partial charge in [0.05, 0.1) is 17.8 Å². The van der Waals surface area contributed by atoms with Gasteiger partial charge < -0.3 is 9.15 Å². The molecular weight excluding hydrogens is 440 g/mol. The van der Waals surface area contributed by atoms with Crippen LogP contribution >= 0.6 is 0 Å². The molecule has 1 aliphatic heterocycles. The van der Waals surface area contributed by atoms with Crippen molar-refractivity contribution in [2.75, 3.05) is 0 Å². The fraction of sp³-hybridized carbons (Fsp3) is 0. The van der Waals surface area contributed by atoms with E-state index < -0.39 is 84.3 Å². The first kappa shape index (κ1) is 10.8. The SMILES string of the molecule is [2H]c1c([2H])c([2H])c2c(c1[2H])Oc1c([2H])c([2H])c([2H])c3c([2H])c(-c4c([2H])c([2H])c([2H])c([2H])c4-c4ccc5c(c4)oc4ccccc45)c([2H])c-2c13. The van der Waals surface area contributed by atoms with E-state index in [9.17, 15) is 2.74 Å². The van der Waals surface area contributed by atoms with Gasteiger partial charge in [0.15, 0.2) is 0 Å². The highest BCUT2D eigenvalue weighted by Gasteiger charge is 2.21. The summed E-state index contributed by atoms with van der Waals surface area (Å²) in [5.41, 5.74) is 0.140. The molecule has 2 nitrogen and oxygen atoms in total. The summed E-state index contributed by atoms with van der Waals surface area (Å²) in [6, 6.07) is 4.69. The predicted molar refractivity (Wildman–Crippen MR) is 148 cm³/mol. The maximum atomic E-state index is 9.54. The molecule has 2 heteroatoms. The lowest BCUT2D eigenvalue weighted by Gasteiger charge is -2.22. The molecule has 168 valence electrons. The molecule has 2 heterocycles. The zero-order valence-corrected chi connectivity index (χ0v) is 18.4. The van der Waals surface area contributed by atoms with Crippen molar-refractivity contribution in [3.05, 3.63) is 121 Å². The van der Waals surface area contributed by atoms with E-state index in [1.807, 2.05) is 18.2 Å². The van der Waals surface area contributed by atoms with Gasteiger partial charge in [-0.2, -0.15) is 0 Å². The maximum Gasteiger partial charge on any atom is 0.136 e. The fourth-order valence-corrected chi connectivity index (χ4v) is 4.71. The van der Waals surface area contributed by atoms with Crippen LogP contribution in [0.4, 0.5) is 0 Å². The monoisotopic (exact) mass is 473 g/mol. The van der Waals surface area contributed by atoms with Crippen molar-refractivity contribution in [1.29, 1.82) is 0 Å². The summed E-state index contributed by atoms with van der Waals surface area (Å²) >= 11 is 0. The minimum Gasteiger partial charge on any atom is -0.456 e. The van der Waals surface area contributed by atoms with E-state index in [2.05, 4.69) is 0 Å². The van der Waals surface area contributed by atoms with Crippen LogP contribution in [0.1, 0.15) is 17.8 Å². The lowest BCUT2D eigenvalue weighted by atomic mass is 9.88. The second kappa shape index (κ2) is 7.34. The van der Waals surface area contributed by atoms with Gasteiger partial charge >= 0.3 is 0 Å². The number of furan rings is 1. The third-order valence-corrected chi connectivity index (χ3v) is 6.30. The molecule has 6 aromatic carbocycles. The molecule has 0 amide bonds. The third-order valence-electron chi connectivity index (χ3n) is 6.30. The number of benzene rings is 6. The molecule has 36 heavy (non-hydrogen) atoms. The lowest BCUT2D eigenvalue weighted by molar-refractivity contribution is 0.487. The molecule has 1 aromatic heterocycles. The number of para-hydroxylation sites is 2. The zero-order chi connectivity index (χ0) is 35.0. The Bertz CT molecular complexity index is 2680. The first-order valence-corrected chi connectivity index (χ1v) is 11.1. The van der Waals surface area contributed by atoms with Gasteiger partial charge in [-0.15, -0.1) is 0 Å². The topological polar surface area (TPSA) is 22.4 Å². The van der Waals surface area contributed by atoms with Crippen molar-refractivity contribution < 1.29 is 27.0 Å². The molecule has 0 radical (unpaired) electrons. The number of fused-ring (bicyclic) bond motifs is 5. The van der Waals surface area contributed by atoms with Crippen molar-refractivity contribution >= 4 is 32.7 Å². The Morgan fingerprint density at radius 2 is 1.31 bits per heavy atom. The van der Waals surface area contributed by atoms with Crippen molar-refractivity contribution in [3.8, 4) is 44.9 Å². The summed E-state index contributed by atoms with van der Waals surface area (Å²) in [6.45, 7) is 0. The molecule has 0 aliphatic carbocycles. The van der Waals surface area contributed by atoms with Crippen molar-refractivity contribution in [2.45, 2.75) is 0 Å². The maximum absolute atomic E-state index is 9.54. The summed E-state index contributed by atoms with van der Waals surface area (Å²) in [4.78, 5) is 0. The molecule has 0 saturated carbocycles. The van der Waals surface area contributed by atoms with Crippen LogP contribution in [0.2, 0.25) is 0 Å². The second-order valence-electron chi connectivity index (χ2n) is 8.32. The normalized spacial score (nSPS) is 17.2. The van der Waals surface area contributed by atoms with Gasteiger partial charge in [0.25, 0.3) is 0 Å². The van der Waals surface area contributed by atoms with Gasteiger partial charge in [-0.25, -0.2) is 0 Å². The lowest BCUT2D eigenvalue weighted by Crippen LogP contribution is -1.97. The number of hydrogen-bond donors (Lipinski definition) is 0. The first-order chi connectivity index (χ1) is 23.3. The third kappa shape index (κ3) is 2.79. The summed E-state index contributed by atoms with van der Waals surface area (Å²) in [6.07, 6.45) is 0. The summed E-state index contributed by atoms with van der Waals surface area (Å²) in [7, 11) is 0. The summed E-state index contributed by atoms with van der Waals surface area (Å²) in [5.74, 6) is -0.768. The Morgan fingerprint density at radius 1 is 0.556 bits per heavy atom. The largest absolute Gasteiger partial charge is 0.456 e. The average Bonchev–Trinajstić information content (AvgIpc) is 3.47. The van der Waals surface area contributed by atoms with E-state index in [0.29, 0.717) is 11.2 Å². The highest BCUT2D eigenvalue weighted by atomic mass is 16.5. The van der Waals surface area contributed by atoms with E-state index in [0.717, 1.165) is 10.8 Å². The predicted octanol–water partition coefficient (Wildman–Crippen LogP) is 9.85. The van der Waals surface area contributed by atoms with E-state index in [-0.39, 0.29) is 49.9 Å². The number of hydrogen-bond acceptors (Lipinski definition) is 2. The second-order valence-corrected chi connectivity index (χ2v) is 8.32. The van der Waals surface area contributed by atoms with Gasteiger partial charge in [0, 0.05) is 21.7 Å². The Morgan fingerprint density at radius 3 is 2.22 bits per heavy atom. The van der Waals surface area contributed by atoms with Crippen LogP contribution in [-0.2, 0) is 0 Å². The molecule has 0 N–H and O–H groups in total. The molecular formula is C34H20O2. The molecule has 0 unspecified atom stereocenters. The van der Waals surface area contributed by atoms with Gasteiger partial charge in [-0.05, 0) is 75.6 Å². The van der Waals surface area contributed by atoms with Gasteiger partial charge in [-0.3, -0.25) is 0 Å². The van der Waals surface area contributed by atoms with Crippen LogP contribution in [0.3, 0.4) is 0 Å². The minimum atomic E-state index is -0.652. The van der Waals surface area contributed by atoms with E-state index in [1.54, 1.807) is 24.3 Å². The summed E-state index contributed by atoms with van der Waals surface area (Å²) in [5, 5.41) is 1.17. The van der Waals surface area contributed by atoms with E-state index in [4.69, 9.17) is 24.2 Å². The van der Waals surface area contributed by atoms with E-state index in [1.165, 1.54) is 0 Å². The first-order valence-electron chi connectivity index (χ1n) is 17.6. The van der Waals surface area contributed by atoms with E-state index >= 15 is 0 Å². The van der Waals surface area contributed by atoms with Gasteiger partial charge in [0.2, 0.25) is 0 Å². The Labute approximate surface area is 226 Å². The number of rotatable bonds is 2. The highest BCUT2D eigenvalue weighted by molar-refractivity contribution is 6.08. The molecule has 7 aromatic rings. The Hall–Kier alpha value is -4.82. The van der Waals surface area contributed by atoms with Crippen molar-refractivity contribution in [1.82, 2.24) is 0 Å². The molecule has 0 atom stereocenters. The summed E-state index contributed by atoms with van der Waals surface area (Å²) < 4.78 is 126. The molecule has 0 saturated heterocycles. The van der Waals surface area contributed by atoms with Crippen LogP contribution in [-0.4, -0.2) is 0 Å². The van der Waals surface area contributed by atoms with Crippen LogP contribution in [0.5, 0.6) is 11.5 Å². The zero-order valence-electron chi connectivity index (χ0n) is 31.4. The average molecular weight is 474 g/mol. The Kier molecular flexibility index (Phi) is 2.21. The smallest absolute Gasteiger partial charge is 0.136 e. The van der Waals surface area contributed by atoms with Crippen LogP contribution in [0.15, 0.2) is 125 Å². The minimum absolute atomic E-state index is 0.0703. The quantitative estimate of drug-likeness (QED) is 0.249. The molecule has 1 aliphatic rings.